The zero-order chi connectivity index (χ0) is 18.1. The van der Waals surface area contributed by atoms with Crippen LogP contribution < -0.4 is 10.2 Å². The minimum Gasteiger partial charge on any atom is -0.353 e. The molecule has 3 heteroatoms. The van der Waals surface area contributed by atoms with Gasteiger partial charge >= 0.3 is 0 Å². The zero-order valence-corrected chi connectivity index (χ0v) is 15.1. The summed E-state index contributed by atoms with van der Waals surface area (Å²) in [6, 6.07) is 24.2. The van der Waals surface area contributed by atoms with Crippen LogP contribution in [0.2, 0.25) is 0 Å². The van der Waals surface area contributed by atoms with Gasteiger partial charge in [0.2, 0.25) is 0 Å². The molecule has 1 N–H and O–H groups in total. The number of carbonyl (C=O) groups is 1. The number of fused-ring (bicyclic) bond motifs is 2. The predicted octanol–water partition coefficient (Wildman–Crippen LogP) is 5.71. The van der Waals surface area contributed by atoms with Crippen molar-refractivity contribution < 1.29 is 4.79 Å². The SMILES string of the molecule is CC(C)c1ccc2c(c1)Nc1ccccc1N(Cc1ccccc1)C2=O. The molecular weight excluding hydrogens is 320 g/mol. The van der Waals surface area contributed by atoms with Crippen molar-refractivity contribution in [3.63, 3.8) is 0 Å². The van der Waals surface area contributed by atoms with E-state index in [1.54, 1.807) is 0 Å². The highest BCUT2D eigenvalue weighted by Crippen LogP contribution is 2.37. The Morgan fingerprint density at radius 1 is 0.885 bits per heavy atom. The van der Waals surface area contributed by atoms with Crippen LogP contribution in [0.15, 0.2) is 72.8 Å². The molecule has 4 rings (SSSR count). The third-order valence-corrected chi connectivity index (χ3v) is 4.83. The van der Waals surface area contributed by atoms with Crippen molar-refractivity contribution in [2.75, 3.05) is 10.2 Å². The fourth-order valence-electron chi connectivity index (χ4n) is 3.35. The zero-order valence-electron chi connectivity index (χ0n) is 15.1. The first kappa shape index (κ1) is 16.4. The van der Waals surface area contributed by atoms with Crippen LogP contribution in [0.3, 0.4) is 0 Å². The molecule has 1 heterocycles. The van der Waals surface area contributed by atoms with E-state index in [9.17, 15) is 4.79 Å². The molecule has 1 aliphatic heterocycles. The monoisotopic (exact) mass is 342 g/mol. The van der Waals surface area contributed by atoms with Crippen molar-refractivity contribution in [3.8, 4) is 0 Å². The van der Waals surface area contributed by atoms with Crippen LogP contribution in [-0.2, 0) is 6.54 Å². The topological polar surface area (TPSA) is 32.3 Å². The van der Waals surface area contributed by atoms with Gasteiger partial charge in [0.1, 0.15) is 0 Å². The standard InChI is InChI=1S/C23H22N2O/c1-16(2)18-12-13-19-21(14-18)24-20-10-6-7-11-22(20)25(23(19)26)15-17-8-4-3-5-9-17/h3-14,16,24H,15H2,1-2H3. The maximum absolute atomic E-state index is 13.4. The molecule has 0 aliphatic carbocycles. The van der Waals surface area contributed by atoms with Gasteiger partial charge in [-0.15, -0.1) is 0 Å². The average Bonchev–Trinajstić information content (AvgIpc) is 2.77. The summed E-state index contributed by atoms with van der Waals surface area (Å²) in [5, 5.41) is 3.48. The van der Waals surface area contributed by atoms with E-state index in [1.807, 2.05) is 53.4 Å². The van der Waals surface area contributed by atoms with Gasteiger partial charge < -0.3 is 10.2 Å². The first-order valence-corrected chi connectivity index (χ1v) is 8.99. The molecular formula is C23H22N2O. The highest BCUT2D eigenvalue weighted by Gasteiger charge is 2.27. The van der Waals surface area contributed by atoms with Crippen LogP contribution in [0.5, 0.6) is 0 Å². The minimum atomic E-state index is 0.0246. The highest BCUT2D eigenvalue weighted by molar-refractivity contribution is 6.13. The molecule has 0 bridgehead atoms. The van der Waals surface area contributed by atoms with Crippen molar-refractivity contribution in [1.29, 1.82) is 0 Å². The van der Waals surface area contributed by atoms with E-state index in [0.717, 1.165) is 22.6 Å². The summed E-state index contributed by atoms with van der Waals surface area (Å²) < 4.78 is 0. The Labute approximate surface area is 154 Å². The Morgan fingerprint density at radius 3 is 2.38 bits per heavy atom. The van der Waals surface area contributed by atoms with E-state index < -0.39 is 0 Å². The molecule has 0 radical (unpaired) electrons. The molecule has 0 unspecified atom stereocenters. The number of hydrogen-bond acceptors (Lipinski definition) is 2. The lowest BCUT2D eigenvalue weighted by molar-refractivity contribution is 0.0986. The van der Waals surface area contributed by atoms with E-state index in [2.05, 4.69) is 43.4 Å². The number of nitrogens with one attached hydrogen (secondary N) is 1. The van der Waals surface area contributed by atoms with Crippen molar-refractivity contribution >= 4 is 23.0 Å². The Bertz CT molecular complexity index is 947. The summed E-state index contributed by atoms with van der Waals surface area (Å²) >= 11 is 0. The van der Waals surface area contributed by atoms with Crippen molar-refractivity contribution in [3.05, 3.63) is 89.5 Å². The lowest BCUT2D eigenvalue weighted by atomic mass is 9.99. The van der Waals surface area contributed by atoms with Crippen molar-refractivity contribution in [2.45, 2.75) is 26.3 Å². The number of amides is 1. The molecule has 0 fully saturated rings. The summed E-state index contributed by atoms with van der Waals surface area (Å²) in [4.78, 5) is 15.2. The van der Waals surface area contributed by atoms with Gasteiger partial charge in [-0.1, -0.05) is 62.4 Å². The van der Waals surface area contributed by atoms with E-state index >= 15 is 0 Å². The van der Waals surface area contributed by atoms with Gasteiger partial charge in [0, 0.05) is 0 Å². The van der Waals surface area contributed by atoms with E-state index in [1.165, 1.54) is 5.56 Å². The number of para-hydroxylation sites is 2. The number of rotatable bonds is 3. The van der Waals surface area contributed by atoms with Gasteiger partial charge in [-0.25, -0.2) is 0 Å². The van der Waals surface area contributed by atoms with Crippen LogP contribution in [0.25, 0.3) is 0 Å². The van der Waals surface area contributed by atoms with E-state index in [0.29, 0.717) is 18.0 Å². The first-order chi connectivity index (χ1) is 12.6. The third kappa shape index (κ3) is 2.97. The minimum absolute atomic E-state index is 0.0246. The maximum Gasteiger partial charge on any atom is 0.260 e. The first-order valence-electron chi connectivity index (χ1n) is 8.99. The van der Waals surface area contributed by atoms with Crippen molar-refractivity contribution in [1.82, 2.24) is 0 Å². The molecule has 0 saturated carbocycles. The number of carbonyl (C=O) groups excluding carboxylic acids is 1. The Morgan fingerprint density at radius 2 is 1.62 bits per heavy atom. The van der Waals surface area contributed by atoms with Gasteiger partial charge in [-0.2, -0.15) is 0 Å². The van der Waals surface area contributed by atoms with Gasteiger partial charge in [0.05, 0.1) is 29.2 Å². The van der Waals surface area contributed by atoms with E-state index in [-0.39, 0.29) is 5.91 Å². The summed E-state index contributed by atoms with van der Waals surface area (Å²) in [5.41, 5.74) is 5.78. The molecule has 26 heavy (non-hydrogen) atoms. The number of anilines is 3. The van der Waals surface area contributed by atoms with Crippen LogP contribution in [0.4, 0.5) is 17.1 Å². The van der Waals surface area contributed by atoms with Crippen molar-refractivity contribution in [2.24, 2.45) is 0 Å². The number of benzene rings is 3. The predicted molar refractivity (Wildman–Crippen MR) is 107 cm³/mol. The molecule has 0 aromatic heterocycles. The lowest BCUT2D eigenvalue weighted by Crippen LogP contribution is -2.29. The van der Waals surface area contributed by atoms with Gasteiger partial charge in [0.25, 0.3) is 5.91 Å². The lowest BCUT2D eigenvalue weighted by Gasteiger charge is -2.23. The Hall–Kier alpha value is -3.07. The number of nitrogens with zero attached hydrogens (tertiary/aromatic N) is 1. The van der Waals surface area contributed by atoms with Crippen LogP contribution in [0, 0.1) is 0 Å². The van der Waals surface area contributed by atoms with E-state index in [4.69, 9.17) is 0 Å². The van der Waals surface area contributed by atoms with Crippen LogP contribution in [0.1, 0.15) is 41.3 Å². The molecule has 3 nitrogen and oxygen atoms in total. The molecule has 3 aromatic carbocycles. The Balaban J connectivity index is 1.83. The van der Waals surface area contributed by atoms with Crippen LogP contribution >= 0.6 is 0 Å². The molecule has 0 saturated heterocycles. The number of hydrogen-bond donors (Lipinski definition) is 1. The molecule has 1 aliphatic rings. The third-order valence-electron chi connectivity index (χ3n) is 4.83. The Kier molecular flexibility index (Phi) is 4.21. The fourth-order valence-corrected chi connectivity index (χ4v) is 3.35. The van der Waals surface area contributed by atoms with Gasteiger partial charge in [-0.3, -0.25) is 4.79 Å². The molecule has 0 spiro atoms. The summed E-state index contributed by atoms with van der Waals surface area (Å²) in [6.07, 6.45) is 0. The van der Waals surface area contributed by atoms with Crippen LogP contribution in [-0.4, -0.2) is 5.91 Å². The van der Waals surface area contributed by atoms with Gasteiger partial charge in [0.15, 0.2) is 0 Å². The molecule has 0 atom stereocenters. The molecule has 1 amide bonds. The second-order valence-corrected chi connectivity index (χ2v) is 6.98. The quantitative estimate of drug-likeness (QED) is 0.661. The summed E-state index contributed by atoms with van der Waals surface area (Å²) in [5.74, 6) is 0.438. The molecule has 3 aromatic rings. The van der Waals surface area contributed by atoms with Gasteiger partial charge in [-0.05, 0) is 41.3 Å². The smallest absolute Gasteiger partial charge is 0.260 e. The fraction of sp³-hybridized carbons (Fsp3) is 0.174. The summed E-state index contributed by atoms with van der Waals surface area (Å²) in [6.45, 7) is 4.87. The normalized spacial score (nSPS) is 13.0. The molecule has 130 valence electrons. The average molecular weight is 342 g/mol. The second-order valence-electron chi connectivity index (χ2n) is 6.98. The largest absolute Gasteiger partial charge is 0.353 e. The highest BCUT2D eigenvalue weighted by atomic mass is 16.2. The summed E-state index contributed by atoms with van der Waals surface area (Å²) in [7, 11) is 0. The maximum atomic E-state index is 13.4. The second kappa shape index (κ2) is 6.68.